The van der Waals surface area contributed by atoms with Crippen LogP contribution in [0.1, 0.15) is 23.1 Å². The number of aryl methyl sites for hydroxylation is 1. The maximum Gasteiger partial charge on any atom is 0.311 e. The van der Waals surface area contributed by atoms with Gasteiger partial charge < -0.3 is 10.1 Å². The van der Waals surface area contributed by atoms with Crippen molar-refractivity contribution in [2.45, 2.75) is 13.8 Å². The van der Waals surface area contributed by atoms with Crippen molar-refractivity contribution in [2.75, 3.05) is 11.9 Å². The van der Waals surface area contributed by atoms with E-state index in [9.17, 15) is 14.9 Å². The van der Waals surface area contributed by atoms with E-state index in [0.29, 0.717) is 21.5 Å². The number of rotatable bonds is 6. The summed E-state index contributed by atoms with van der Waals surface area (Å²) in [7, 11) is 0. The number of carbonyl (C=O) groups is 1. The molecule has 0 aliphatic carbocycles. The molecule has 1 amide bonds. The molecule has 0 aliphatic heterocycles. The van der Waals surface area contributed by atoms with E-state index < -0.39 is 10.8 Å². The Hall–Kier alpha value is -3.97. The van der Waals surface area contributed by atoms with Gasteiger partial charge in [0.05, 0.1) is 17.2 Å². The number of amides is 1. The van der Waals surface area contributed by atoms with Crippen LogP contribution >= 0.6 is 23.6 Å². The number of ether oxygens (including phenoxy) is 1. The van der Waals surface area contributed by atoms with Crippen LogP contribution in [0.5, 0.6) is 5.75 Å². The molecule has 0 radical (unpaired) electrons. The molecule has 168 valence electrons. The average Bonchev–Trinajstić information content (AvgIpc) is 3.36. The molecule has 0 spiro atoms. The second-order valence-electron chi connectivity index (χ2n) is 6.68. The molecular formula is C20H17N7O4S2. The highest BCUT2D eigenvalue weighted by atomic mass is 32.1. The first-order valence-corrected chi connectivity index (χ1v) is 10.9. The lowest BCUT2D eigenvalue weighted by molar-refractivity contribution is -0.385. The number of thiocarbonyl (C=S) groups is 1. The van der Waals surface area contributed by atoms with Gasteiger partial charge in [0.15, 0.2) is 16.7 Å². The number of fused-ring (bicyclic) bond motifs is 1. The van der Waals surface area contributed by atoms with E-state index in [1.165, 1.54) is 23.5 Å². The number of anilines is 1. The van der Waals surface area contributed by atoms with Gasteiger partial charge in [-0.05, 0) is 50.3 Å². The number of aromatic nitrogens is 4. The number of hydrogen-bond acceptors (Lipinski definition) is 9. The van der Waals surface area contributed by atoms with Crippen molar-refractivity contribution < 1.29 is 14.5 Å². The highest BCUT2D eigenvalue weighted by Gasteiger charge is 2.20. The van der Waals surface area contributed by atoms with Gasteiger partial charge in [-0.2, -0.15) is 9.61 Å². The summed E-state index contributed by atoms with van der Waals surface area (Å²) in [4.78, 5) is 24.0. The SMILES string of the molecule is CCOc1ccc(C(=O)NC(=S)Nc2ccccc2-c2nn3c(C)nnc3s2)cc1[N+](=O)[O-]. The van der Waals surface area contributed by atoms with Gasteiger partial charge in [0.1, 0.15) is 5.01 Å². The number of hydrogen-bond donors (Lipinski definition) is 2. The molecule has 4 rings (SSSR count). The molecule has 0 bridgehead atoms. The molecule has 2 aromatic carbocycles. The van der Waals surface area contributed by atoms with Crippen LogP contribution in [-0.4, -0.2) is 42.4 Å². The lowest BCUT2D eigenvalue weighted by atomic mass is 10.1. The average molecular weight is 484 g/mol. The molecule has 0 unspecified atom stereocenters. The highest BCUT2D eigenvalue weighted by Crippen LogP contribution is 2.31. The molecule has 2 N–H and O–H groups in total. The number of nitrogens with one attached hydrogen (secondary N) is 2. The third kappa shape index (κ3) is 4.63. The Morgan fingerprint density at radius 3 is 2.79 bits per heavy atom. The largest absolute Gasteiger partial charge is 0.487 e. The van der Waals surface area contributed by atoms with Crippen LogP contribution in [0.3, 0.4) is 0 Å². The van der Waals surface area contributed by atoms with E-state index in [4.69, 9.17) is 17.0 Å². The van der Waals surface area contributed by atoms with E-state index in [1.54, 1.807) is 17.5 Å². The number of nitro groups is 1. The zero-order valence-corrected chi connectivity index (χ0v) is 19.1. The van der Waals surface area contributed by atoms with Gasteiger partial charge in [-0.25, -0.2) is 0 Å². The summed E-state index contributed by atoms with van der Waals surface area (Å²) in [5, 5.41) is 30.2. The molecule has 33 heavy (non-hydrogen) atoms. The fraction of sp³-hybridized carbons (Fsp3) is 0.150. The minimum absolute atomic E-state index is 0.0307. The van der Waals surface area contributed by atoms with E-state index in [0.717, 1.165) is 11.6 Å². The van der Waals surface area contributed by atoms with Crippen molar-refractivity contribution in [3.63, 3.8) is 0 Å². The summed E-state index contributed by atoms with van der Waals surface area (Å²) in [6.45, 7) is 3.79. The summed E-state index contributed by atoms with van der Waals surface area (Å²) in [5.74, 6) is 0.171. The molecule has 13 heteroatoms. The van der Waals surface area contributed by atoms with Gasteiger partial charge in [-0.1, -0.05) is 23.5 Å². The number of carbonyl (C=O) groups excluding carboxylic acids is 1. The van der Waals surface area contributed by atoms with Crippen LogP contribution in [0.4, 0.5) is 11.4 Å². The lowest BCUT2D eigenvalue weighted by Gasteiger charge is -2.12. The summed E-state index contributed by atoms with van der Waals surface area (Å²) < 4.78 is 6.89. The van der Waals surface area contributed by atoms with Crippen LogP contribution < -0.4 is 15.4 Å². The smallest absolute Gasteiger partial charge is 0.311 e. The van der Waals surface area contributed by atoms with E-state index >= 15 is 0 Å². The number of benzene rings is 2. The van der Waals surface area contributed by atoms with Crippen molar-refractivity contribution in [2.24, 2.45) is 0 Å². The van der Waals surface area contributed by atoms with Crippen molar-refractivity contribution >= 4 is 50.9 Å². The van der Waals surface area contributed by atoms with Crippen LogP contribution in [0.25, 0.3) is 15.5 Å². The Balaban J connectivity index is 1.52. The van der Waals surface area contributed by atoms with Gasteiger partial charge in [0, 0.05) is 17.2 Å². The van der Waals surface area contributed by atoms with Gasteiger partial charge in [-0.3, -0.25) is 20.2 Å². The zero-order valence-electron chi connectivity index (χ0n) is 17.4. The predicted octanol–water partition coefficient (Wildman–Crippen LogP) is 3.59. The van der Waals surface area contributed by atoms with Crippen LogP contribution in [-0.2, 0) is 0 Å². The molecular weight excluding hydrogens is 466 g/mol. The Kier molecular flexibility index (Phi) is 6.24. The lowest BCUT2D eigenvalue weighted by Crippen LogP contribution is -2.34. The Morgan fingerprint density at radius 2 is 2.06 bits per heavy atom. The van der Waals surface area contributed by atoms with E-state index in [-0.39, 0.29) is 28.7 Å². The topological polar surface area (TPSA) is 137 Å². The summed E-state index contributed by atoms with van der Waals surface area (Å²) >= 11 is 6.66. The Morgan fingerprint density at radius 1 is 1.27 bits per heavy atom. The first-order chi connectivity index (χ1) is 15.9. The van der Waals surface area contributed by atoms with Crippen LogP contribution in [0.2, 0.25) is 0 Å². The standard InChI is InChI=1S/C20H17N7O4S2/c1-3-31-16-9-8-12(10-15(16)27(29)30)17(28)22-19(32)21-14-7-5-4-6-13(14)18-25-26-11(2)23-24-20(26)33-18/h4-10H,3H2,1-2H3,(H2,21,22,28,32). The minimum Gasteiger partial charge on any atom is -0.487 e. The van der Waals surface area contributed by atoms with E-state index in [1.807, 2.05) is 25.1 Å². The molecule has 0 saturated heterocycles. The molecule has 2 heterocycles. The molecule has 0 atom stereocenters. The van der Waals surface area contributed by atoms with Gasteiger partial charge in [0.2, 0.25) is 4.96 Å². The second kappa shape index (κ2) is 9.26. The maximum atomic E-state index is 12.6. The third-order valence-corrected chi connectivity index (χ3v) is 5.63. The van der Waals surface area contributed by atoms with E-state index in [2.05, 4.69) is 25.9 Å². The van der Waals surface area contributed by atoms with Crippen molar-refractivity contribution in [1.82, 2.24) is 25.1 Å². The van der Waals surface area contributed by atoms with Gasteiger partial charge in [0.25, 0.3) is 5.91 Å². The number of para-hydroxylation sites is 1. The maximum absolute atomic E-state index is 12.6. The summed E-state index contributed by atoms with van der Waals surface area (Å²) in [5.41, 5.74) is 1.17. The van der Waals surface area contributed by atoms with Crippen molar-refractivity contribution in [3.05, 3.63) is 64.0 Å². The van der Waals surface area contributed by atoms with Crippen molar-refractivity contribution in [3.8, 4) is 16.3 Å². The molecule has 0 fully saturated rings. The first-order valence-electron chi connectivity index (χ1n) is 9.69. The quantitative estimate of drug-likeness (QED) is 0.239. The fourth-order valence-corrected chi connectivity index (χ4v) is 4.14. The fourth-order valence-electron chi connectivity index (χ4n) is 3.01. The minimum atomic E-state index is -0.600. The summed E-state index contributed by atoms with van der Waals surface area (Å²) in [6.07, 6.45) is 0. The number of nitro benzene ring substituents is 1. The van der Waals surface area contributed by atoms with Crippen molar-refractivity contribution in [1.29, 1.82) is 0 Å². The van der Waals surface area contributed by atoms with Gasteiger partial charge >= 0.3 is 5.69 Å². The Labute approximate surface area is 196 Å². The van der Waals surface area contributed by atoms with Crippen LogP contribution in [0.15, 0.2) is 42.5 Å². The first kappa shape index (κ1) is 22.2. The summed E-state index contributed by atoms with van der Waals surface area (Å²) in [6, 6.07) is 11.3. The molecule has 11 nitrogen and oxygen atoms in total. The highest BCUT2D eigenvalue weighted by molar-refractivity contribution is 7.80. The molecule has 2 aromatic heterocycles. The van der Waals surface area contributed by atoms with Crippen LogP contribution in [0, 0.1) is 17.0 Å². The Bertz CT molecular complexity index is 1380. The normalized spacial score (nSPS) is 10.7. The monoisotopic (exact) mass is 483 g/mol. The molecule has 0 saturated carbocycles. The molecule has 4 aromatic rings. The predicted molar refractivity (Wildman–Crippen MR) is 127 cm³/mol. The third-order valence-electron chi connectivity index (χ3n) is 4.50. The zero-order chi connectivity index (χ0) is 23.5. The number of nitrogens with zero attached hydrogens (tertiary/aromatic N) is 5. The second-order valence-corrected chi connectivity index (χ2v) is 8.04. The molecule has 0 aliphatic rings. The van der Waals surface area contributed by atoms with Gasteiger partial charge in [-0.15, -0.1) is 10.2 Å².